The highest BCUT2D eigenvalue weighted by atomic mass is 15.1. The summed E-state index contributed by atoms with van der Waals surface area (Å²) in [5, 5.41) is 3.44. The summed E-state index contributed by atoms with van der Waals surface area (Å²) < 4.78 is 0. The van der Waals surface area contributed by atoms with Crippen LogP contribution in [0.3, 0.4) is 0 Å². The molecule has 0 saturated heterocycles. The van der Waals surface area contributed by atoms with Crippen LogP contribution in [-0.4, -0.2) is 26.0 Å². The molecule has 1 aromatic carbocycles. The summed E-state index contributed by atoms with van der Waals surface area (Å²) >= 11 is 0. The van der Waals surface area contributed by atoms with Crippen molar-refractivity contribution in [2.24, 2.45) is 5.92 Å². The zero-order chi connectivity index (χ0) is 17.1. The Labute approximate surface area is 146 Å². The van der Waals surface area contributed by atoms with Crippen LogP contribution in [0.1, 0.15) is 31.2 Å². The minimum Gasteiger partial charge on any atom is -0.399 e. The van der Waals surface area contributed by atoms with Gasteiger partial charge in [0.1, 0.15) is 0 Å². The van der Waals surface area contributed by atoms with Crippen LogP contribution in [-0.2, 0) is 6.42 Å². The highest BCUT2D eigenvalue weighted by Gasteiger charge is 2.22. The van der Waals surface area contributed by atoms with Crippen LogP contribution in [0.15, 0.2) is 43.0 Å². The van der Waals surface area contributed by atoms with Gasteiger partial charge in [0.2, 0.25) is 5.95 Å². The van der Waals surface area contributed by atoms with Gasteiger partial charge in [-0.15, -0.1) is 0 Å². The first kappa shape index (κ1) is 15.7. The van der Waals surface area contributed by atoms with E-state index in [0.717, 1.165) is 41.9 Å². The minimum absolute atomic E-state index is 0.455. The van der Waals surface area contributed by atoms with Crippen molar-refractivity contribution in [3.63, 3.8) is 0 Å². The predicted octanol–water partition coefficient (Wildman–Crippen LogP) is 3.22. The lowest BCUT2D eigenvalue weighted by molar-refractivity contribution is 0.336. The van der Waals surface area contributed by atoms with E-state index < -0.39 is 0 Å². The Morgan fingerprint density at radius 2 is 1.68 bits per heavy atom. The van der Waals surface area contributed by atoms with E-state index in [1.54, 1.807) is 24.8 Å². The van der Waals surface area contributed by atoms with Gasteiger partial charge in [-0.2, -0.15) is 0 Å². The molecule has 0 aliphatic heterocycles. The predicted molar refractivity (Wildman–Crippen MR) is 99.1 cm³/mol. The molecular weight excluding hydrogens is 312 g/mol. The SMILES string of the molecule is Nc1cc(CC2CCC(Nc3ncccn3)CC2)c2nccnc2c1. The summed E-state index contributed by atoms with van der Waals surface area (Å²) in [7, 11) is 0. The largest absolute Gasteiger partial charge is 0.399 e. The number of nitrogens with one attached hydrogen (secondary N) is 1. The van der Waals surface area contributed by atoms with E-state index in [-0.39, 0.29) is 0 Å². The third kappa shape index (κ3) is 3.68. The molecule has 1 aliphatic carbocycles. The molecule has 25 heavy (non-hydrogen) atoms. The van der Waals surface area contributed by atoms with E-state index >= 15 is 0 Å². The number of nitrogen functional groups attached to an aromatic ring is 1. The number of fused-ring (bicyclic) bond motifs is 1. The summed E-state index contributed by atoms with van der Waals surface area (Å²) in [4.78, 5) is 17.4. The van der Waals surface area contributed by atoms with E-state index in [4.69, 9.17) is 5.73 Å². The minimum atomic E-state index is 0.455. The lowest BCUT2D eigenvalue weighted by Crippen LogP contribution is -2.27. The summed E-state index contributed by atoms with van der Waals surface area (Å²) in [6.07, 6.45) is 12.7. The van der Waals surface area contributed by atoms with E-state index in [2.05, 4.69) is 31.3 Å². The second-order valence-electron chi connectivity index (χ2n) is 6.74. The second kappa shape index (κ2) is 7.01. The fourth-order valence-electron chi connectivity index (χ4n) is 3.70. The molecule has 6 heteroatoms. The molecule has 0 atom stereocenters. The fourth-order valence-corrected chi connectivity index (χ4v) is 3.70. The molecule has 1 aliphatic rings. The first-order valence-corrected chi connectivity index (χ1v) is 8.80. The van der Waals surface area contributed by atoms with Gasteiger partial charge in [-0.25, -0.2) is 9.97 Å². The Hall–Kier alpha value is -2.76. The number of hydrogen-bond acceptors (Lipinski definition) is 6. The summed E-state index contributed by atoms with van der Waals surface area (Å²) in [5.41, 5.74) is 9.89. The number of anilines is 2. The molecule has 1 saturated carbocycles. The Kier molecular flexibility index (Phi) is 4.41. The smallest absolute Gasteiger partial charge is 0.222 e. The van der Waals surface area contributed by atoms with Gasteiger partial charge in [-0.3, -0.25) is 9.97 Å². The molecule has 3 N–H and O–H groups in total. The van der Waals surface area contributed by atoms with Gasteiger partial charge >= 0.3 is 0 Å². The molecule has 2 heterocycles. The fraction of sp³-hybridized carbons (Fsp3) is 0.368. The summed E-state index contributed by atoms with van der Waals surface area (Å²) in [6.45, 7) is 0. The standard InChI is InChI=1S/C19H22N6/c20-15-11-14(18-17(12-15)21-8-9-22-18)10-13-2-4-16(5-3-13)25-19-23-6-1-7-24-19/h1,6-9,11-13,16H,2-5,10,20H2,(H,23,24,25). The second-order valence-corrected chi connectivity index (χ2v) is 6.74. The number of nitrogens with zero attached hydrogens (tertiary/aromatic N) is 4. The van der Waals surface area contributed by atoms with Crippen molar-refractivity contribution in [2.75, 3.05) is 11.1 Å². The number of nitrogens with two attached hydrogens (primary N) is 1. The van der Waals surface area contributed by atoms with Crippen molar-refractivity contribution in [1.82, 2.24) is 19.9 Å². The Bertz CT molecular complexity index is 843. The lowest BCUT2D eigenvalue weighted by atomic mass is 9.82. The van der Waals surface area contributed by atoms with Crippen LogP contribution in [0.25, 0.3) is 11.0 Å². The lowest BCUT2D eigenvalue weighted by Gasteiger charge is -2.29. The van der Waals surface area contributed by atoms with Crippen molar-refractivity contribution < 1.29 is 0 Å². The molecular formula is C19H22N6. The Morgan fingerprint density at radius 3 is 2.48 bits per heavy atom. The van der Waals surface area contributed by atoms with Gasteiger partial charge in [0, 0.05) is 36.5 Å². The van der Waals surface area contributed by atoms with Crippen molar-refractivity contribution in [2.45, 2.75) is 38.1 Å². The van der Waals surface area contributed by atoms with Crippen LogP contribution in [0.5, 0.6) is 0 Å². The molecule has 0 unspecified atom stereocenters. The molecule has 0 bridgehead atoms. The van der Waals surface area contributed by atoms with Crippen molar-refractivity contribution in [1.29, 1.82) is 0 Å². The maximum atomic E-state index is 6.05. The zero-order valence-corrected chi connectivity index (χ0v) is 14.1. The maximum Gasteiger partial charge on any atom is 0.222 e. The van der Waals surface area contributed by atoms with Gasteiger partial charge in [0.25, 0.3) is 0 Å². The first-order valence-electron chi connectivity index (χ1n) is 8.80. The van der Waals surface area contributed by atoms with Crippen LogP contribution in [0.4, 0.5) is 11.6 Å². The number of rotatable bonds is 4. The van der Waals surface area contributed by atoms with Crippen molar-refractivity contribution in [3.05, 3.63) is 48.5 Å². The van der Waals surface area contributed by atoms with E-state index in [9.17, 15) is 0 Å². The summed E-state index contributed by atoms with van der Waals surface area (Å²) in [5.74, 6) is 1.38. The Balaban J connectivity index is 1.41. The molecule has 128 valence electrons. The quantitative estimate of drug-likeness (QED) is 0.712. The molecule has 2 aromatic heterocycles. The number of benzene rings is 1. The molecule has 3 aromatic rings. The third-order valence-corrected chi connectivity index (χ3v) is 4.93. The van der Waals surface area contributed by atoms with Gasteiger partial charge in [-0.1, -0.05) is 0 Å². The number of aromatic nitrogens is 4. The van der Waals surface area contributed by atoms with E-state index in [0.29, 0.717) is 12.0 Å². The average Bonchev–Trinajstić information content (AvgIpc) is 2.64. The van der Waals surface area contributed by atoms with Crippen LogP contribution < -0.4 is 11.1 Å². The topological polar surface area (TPSA) is 89.6 Å². The van der Waals surface area contributed by atoms with Crippen LogP contribution in [0, 0.1) is 5.92 Å². The van der Waals surface area contributed by atoms with Gasteiger partial charge < -0.3 is 11.1 Å². The zero-order valence-electron chi connectivity index (χ0n) is 14.1. The van der Waals surface area contributed by atoms with Gasteiger partial charge in [0.05, 0.1) is 11.0 Å². The van der Waals surface area contributed by atoms with E-state index in [1.165, 1.54) is 18.4 Å². The molecule has 1 fully saturated rings. The van der Waals surface area contributed by atoms with Crippen molar-refractivity contribution in [3.8, 4) is 0 Å². The first-order chi connectivity index (χ1) is 12.3. The highest BCUT2D eigenvalue weighted by molar-refractivity contribution is 5.81. The monoisotopic (exact) mass is 334 g/mol. The number of hydrogen-bond donors (Lipinski definition) is 2. The molecule has 4 rings (SSSR count). The average molecular weight is 334 g/mol. The normalized spacial score (nSPS) is 20.5. The van der Waals surface area contributed by atoms with Crippen LogP contribution >= 0.6 is 0 Å². The van der Waals surface area contributed by atoms with Crippen molar-refractivity contribution >= 4 is 22.7 Å². The highest BCUT2D eigenvalue weighted by Crippen LogP contribution is 2.31. The van der Waals surface area contributed by atoms with Gasteiger partial charge in [0.15, 0.2) is 0 Å². The summed E-state index contributed by atoms with van der Waals surface area (Å²) in [6, 6.07) is 6.24. The third-order valence-electron chi connectivity index (χ3n) is 4.93. The molecule has 0 amide bonds. The van der Waals surface area contributed by atoms with Crippen LogP contribution in [0.2, 0.25) is 0 Å². The molecule has 0 spiro atoms. The molecule has 0 radical (unpaired) electrons. The van der Waals surface area contributed by atoms with Gasteiger partial charge in [-0.05, 0) is 61.8 Å². The van der Waals surface area contributed by atoms with E-state index in [1.807, 2.05) is 12.1 Å². The molecule has 6 nitrogen and oxygen atoms in total. The Morgan fingerprint density at radius 1 is 0.920 bits per heavy atom. The maximum absolute atomic E-state index is 6.05.